The fourth-order valence-electron chi connectivity index (χ4n) is 2.71. The zero-order valence-electron chi connectivity index (χ0n) is 14.4. The first-order chi connectivity index (χ1) is 13.7. The van der Waals surface area contributed by atoms with Crippen molar-refractivity contribution in [1.29, 1.82) is 5.26 Å². The van der Waals surface area contributed by atoms with Crippen molar-refractivity contribution in [3.63, 3.8) is 0 Å². The van der Waals surface area contributed by atoms with Crippen LogP contribution in [0.15, 0.2) is 70.8 Å². The number of rotatable bonds is 5. The van der Waals surface area contributed by atoms with Crippen LogP contribution in [0.4, 0.5) is 5.69 Å². The molecule has 136 valence electrons. The Labute approximate surface area is 163 Å². The van der Waals surface area contributed by atoms with E-state index in [1.165, 1.54) is 23.5 Å². The van der Waals surface area contributed by atoms with Crippen LogP contribution in [0.25, 0.3) is 28.8 Å². The number of nitro benzene ring substituents is 1. The van der Waals surface area contributed by atoms with Crippen molar-refractivity contribution in [2.24, 2.45) is 0 Å². The van der Waals surface area contributed by atoms with Crippen LogP contribution in [0, 0.1) is 21.4 Å². The van der Waals surface area contributed by atoms with Crippen LogP contribution in [-0.2, 0) is 0 Å². The number of allylic oxidation sites excluding steroid dienone is 1. The fraction of sp³-hybridized carbons (Fsp3) is 0. The molecular formula is C20H12N4O3S. The van der Waals surface area contributed by atoms with Crippen molar-refractivity contribution in [2.75, 3.05) is 0 Å². The molecule has 3 aromatic heterocycles. The lowest BCUT2D eigenvalue weighted by Crippen LogP contribution is -1.96. The summed E-state index contributed by atoms with van der Waals surface area (Å²) in [4.78, 5) is 14.9. The van der Waals surface area contributed by atoms with Crippen molar-refractivity contribution in [3.8, 4) is 23.2 Å². The minimum Gasteiger partial charge on any atom is -0.463 e. The van der Waals surface area contributed by atoms with Crippen LogP contribution in [0.3, 0.4) is 0 Å². The third-order valence-corrected chi connectivity index (χ3v) is 4.92. The van der Waals surface area contributed by atoms with Gasteiger partial charge >= 0.3 is 0 Å². The molecule has 4 aromatic rings. The zero-order valence-corrected chi connectivity index (χ0v) is 15.2. The lowest BCUT2D eigenvalue weighted by molar-refractivity contribution is -0.384. The van der Waals surface area contributed by atoms with Gasteiger partial charge in [-0.3, -0.25) is 10.1 Å². The van der Waals surface area contributed by atoms with Gasteiger partial charge < -0.3 is 8.98 Å². The number of furan rings is 1. The molecule has 7 nitrogen and oxygen atoms in total. The highest BCUT2D eigenvalue weighted by Crippen LogP contribution is 2.28. The fourth-order valence-corrected chi connectivity index (χ4v) is 3.48. The predicted octanol–water partition coefficient (Wildman–Crippen LogP) is 5.17. The molecule has 0 bridgehead atoms. The molecule has 0 saturated heterocycles. The van der Waals surface area contributed by atoms with Gasteiger partial charge in [-0.15, -0.1) is 11.3 Å². The molecule has 0 amide bonds. The van der Waals surface area contributed by atoms with Crippen molar-refractivity contribution < 1.29 is 9.34 Å². The van der Waals surface area contributed by atoms with Gasteiger partial charge in [0.2, 0.25) is 0 Å². The summed E-state index contributed by atoms with van der Waals surface area (Å²) in [7, 11) is 0. The van der Waals surface area contributed by atoms with Crippen molar-refractivity contribution in [3.05, 3.63) is 87.2 Å². The van der Waals surface area contributed by atoms with Crippen LogP contribution in [-0.4, -0.2) is 14.5 Å². The molecule has 0 radical (unpaired) electrons. The first-order valence-corrected chi connectivity index (χ1v) is 9.07. The monoisotopic (exact) mass is 388 g/mol. The number of nitro groups is 1. The molecule has 0 unspecified atom stereocenters. The number of non-ortho nitro benzene ring substituents is 1. The summed E-state index contributed by atoms with van der Waals surface area (Å²) in [6.45, 7) is 0. The van der Waals surface area contributed by atoms with Crippen LogP contribution < -0.4 is 0 Å². The number of hydrogen-bond donors (Lipinski definition) is 0. The largest absolute Gasteiger partial charge is 0.463 e. The summed E-state index contributed by atoms with van der Waals surface area (Å²) in [6, 6.07) is 15.7. The van der Waals surface area contributed by atoms with E-state index in [-0.39, 0.29) is 5.69 Å². The lowest BCUT2D eigenvalue weighted by Gasteiger charge is -2.06. The van der Waals surface area contributed by atoms with Gasteiger partial charge in [0.05, 0.1) is 16.8 Å². The van der Waals surface area contributed by atoms with Crippen molar-refractivity contribution in [1.82, 2.24) is 9.55 Å². The molecule has 28 heavy (non-hydrogen) atoms. The van der Waals surface area contributed by atoms with E-state index in [1.807, 2.05) is 34.3 Å². The van der Waals surface area contributed by atoms with Crippen molar-refractivity contribution in [2.45, 2.75) is 0 Å². The normalized spacial score (nSPS) is 11.3. The Morgan fingerprint density at radius 3 is 2.75 bits per heavy atom. The topological polar surface area (TPSA) is 97.9 Å². The molecule has 0 spiro atoms. The minimum atomic E-state index is -0.437. The Kier molecular flexibility index (Phi) is 4.58. The van der Waals surface area contributed by atoms with Gasteiger partial charge in [-0.2, -0.15) is 5.26 Å². The van der Waals surface area contributed by atoms with Gasteiger partial charge in [0.15, 0.2) is 5.76 Å². The van der Waals surface area contributed by atoms with Crippen LogP contribution >= 0.6 is 11.3 Å². The Hall–Kier alpha value is -3.96. The Morgan fingerprint density at radius 1 is 1.25 bits per heavy atom. The Bertz CT molecular complexity index is 1200. The summed E-state index contributed by atoms with van der Waals surface area (Å²) in [5.41, 5.74) is 2.65. The number of thiazole rings is 1. The number of benzene rings is 1. The second kappa shape index (κ2) is 7.34. The lowest BCUT2D eigenvalue weighted by atomic mass is 10.2. The van der Waals surface area contributed by atoms with E-state index in [0.29, 0.717) is 22.0 Å². The molecule has 0 aliphatic rings. The Morgan fingerprint density at radius 2 is 2.07 bits per heavy atom. The predicted molar refractivity (Wildman–Crippen MR) is 106 cm³/mol. The van der Waals surface area contributed by atoms with Crippen LogP contribution in [0.5, 0.6) is 0 Å². The molecule has 0 atom stereocenters. The highest BCUT2D eigenvalue weighted by atomic mass is 32.1. The third kappa shape index (κ3) is 3.34. The summed E-state index contributed by atoms with van der Waals surface area (Å²) < 4.78 is 7.19. The average Bonchev–Trinajstić information content (AvgIpc) is 3.47. The van der Waals surface area contributed by atoms with Gasteiger partial charge in [-0.05, 0) is 42.5 Å². The summed E-state index contributed by atoms with van der Waals surface area (Å²) >= 11 is 1.36. The van der Waals surface area contributed by atoms with E-state index < -0.39 is 4.92 Å². The quantitative estimate of drug-likeness (QED) is 0.267. The summed E-state index contributed by atoms with van der Waals surface area (Å²) in [5.74, 6) is 0.647. The maximum absolute atomic E-state index is 10.8. The van der Waals surface area contributed by atoms with Crippen LogP contribution in [0.2, 0.25) is 0 Å². The van der Waals surface area contributed by atoms with E-state index in [1.54, 1.807) is 30.5 Å². The molecule has 0 aliphatic heterocycles. The maximum atomic E-state index is 10.8. The molecule has 1 aromatic carbocycles. The minimum absolute atomic E-state index is 0.0268. The first kappa shape index (κ1) is 17.5. The average molecular weight is 388 g/mol. The summed E-state index contributed by atoms with van der Waals surface area (Å²) in [6.07, 6.45) is 5.15. The maximum Gasteiger partial charge on any atom is 0.269 e. The van der Waals surface area contributed by atoms with Gasteiger partial charge in [-0.25, -0.2) is 4.98 Å². The first-order valence-electron chi connectivity index (χ1n) is 8.19. The molecule has 0 N–H and O–H groups in total. The van der Waals surface area contributed by atoms with E-state index >= 15 is 0 Å². The highest BCUT2D eigenvalue weighted by Gasteiger charge is 2.12. The molecular weight excluding hydrogens is 376 g/mol. The van der Waals surface area contributed by atoms with E-state index in [4.69, 9.17) is 4.42 Å². The van der Waals surface area contributed by atoms with E-state index in [0.717, 1.165) is 11.4 Å². The summed E-state index contributed by atoms with van der Waals surface area (Å²) in [5, 5.41) is 22.9. The SMILES string of the molecule is N#C/C(=C/c1cccn1-c1ccc([N+](=O)[O-])cc1)c1nc(-c2ccco2)cs1. The van der Waals surface area contributed by atoms with E-state index in [9.17, 15) is 15.4 Å². The van der Waals surface area contributed by atoms with Crippen LogP contribution in [0.1, 0.15) is 10.7 Å². The molecule has 8 heteroatoms. The van der Waals surface area contributed by atoms with Gasteiger partial charge in [0.25, 0.3) is 5.69 Å². The molecule has 0 fully saturated rings. The number of hydrogen-bond acceptors (Lipinski definition) is 6. The number of nitriles is 1. The molecule has 0 aliphatic carbocycles. The molecule has 0 saturated carbocycles. The third-order valence-electron chi connectivity index (χ3n) is 4.04. The zero-order chi connectivity index (χ0) is 19.5. The standard InChI is InChI=1S/C20H12N4O3S/c21-12-14(20-22-18(13-28-20)19-4-2-10-27-19)11-17-3-1-9-23(17)15-5-7-16(8-6-15)24(25)26/h1-11,13H/b14-11-. The van der Waals surface area contributed by atoms with Gasteiger partial charge in [0.1, 0.15) is 16.8 Å². The number of nitrogens with zero attached hydrogens (tertiary/aromatic N) is 4. The Balaban J connectivity index is 1.68. The molecule has 3 heterocycles. The highest BCUT2D eigenvalue weighted by molar-refractivity contribution is 7.11. The van der Waals surface area contributed by atoms with Gasteiger partial charge in [-0.1, -0.05) is 0 Å². The van der Waals surface area contributed by atoms with Gasteiger partial charge in [0, 0.05) is 35.1 Å². The van der Waals surface area contributed by atoms with Crippen molar-refractivity contribution >= 4 is 28.7 Å². The van der Waals surface area contributed by atoms with E-state index in [2.05, 4.69) is 11.1 Å². The second-order valence-electron chi connectivity index (χ2n) is 5.76. The molecule has 4 rings (SSSR count). The second-order valence-corrected chi connectivity index (χ2v) is 6.62. The smallest absolute Gasteiger partial charge is 0.269 e. The number of aromatic nitrogens is 2.